The number of nitriles is 1. The van der Waals surface area contributed by atoms with Gasteiger partial charge in [0, 0.05) is 12.6 Å². The molecule has 0 atom stereocenters. The van der Waals surface area contributed by atoms with E-state index in [-0.39, 0.29) is 6.10 Å². The van der Waals surface area contributed by atoms with Gasteiger partial charge in [-0.25, -0.2) is 0 Å². The average Bonchev–Trinajstić information content (AvgIpc) is 3.23. The minimum atomic E-state index is 0.255. The Morgan fingerprint density at radius 2 is 2.20 bits per heavy atom. The number of hydrogen-bond donors (Lipinski definition) is 1. The fraction of sp³-hybridized carbons (Fsp3) is 0.375. The first-order valence-corrected chi connectivity index (χ1v) is 6.68. The molecule has 20 heavy (non-hydrogen) atoms. The molecule has 1 fully saturated rings. The van der Waals surface area contributed by atoms with Crippen molar-refractivity contribution in [1.82, 2.24) is 0 Å². The van der Waals surface area contributed by atoms with Gasteiger partial charge in [0.1, 0.15) is 17.4 Å². The molecule has 2 N–H and O–H groups in total. The highest BCUT2D eigenvalue weighted by Gasteiger charge is 2.26. The Kier molecular flexibility index (Phi) is 4.09. The van der Waals surface area contributed by atoms with Crippen molar-refractivity contribution in [3.63, 3.8) is 0 Å². The van der Waals surface area contributed by atoms with Gasteiger partial charge < -0.3 is 10.5 Å². The van der Waals surface area contributed by atoms with Gasteiger partial charge >= 0.3 is 0 Å². The van der Waals surface area contributed by atoms with Crippen LogP contribution in [0.2, 0.25) is 0 Å². The first-order chi connectivity index (χ1) is 9.60. The molecule has 2 rings (SSSR count). The lowest BCUT2D eigenvalue weighted by Gasteiger charge is -2.14. The minimum Gasteiger partial charge on any atom is -0.489 e. The Morgan fingerprint density at radius 3 is 2.70 bits per heavy atom. The van der Waals surface area contributed by atoms with Gasteiger partial charge in [0.2, 0.25) is 0 Å². The van der Waals surface area contributed by atoms with Gasteiger partial charge in [0.15, 0.2) is 0 Å². The summed E-state index contributed by atoms with van der Waals surface area (Å²) in [7, 11) is 1.70. The topological polar surface area (TPSA) is 71.4 Å². The fourth-order valence-electron chi connectivity index (χ4n) is 2.10. The third-order valence-corrected chi connectivity index (χ3v) is 3.28. The summed E-state index contributed by atoms with van der Waals surface area (Å²) in [6, 6.07) is 6.11. The molecule has 0 heterocycles. The number of rotatable bonds is 4. The van der Waals surface area contributed by atoms with Crippen molar-refractivity contribution in [2.24, 2.45) is 10.7 Å². The molecule has 1 saturated carbocycles. The molecule has 0 spiro atoms. The van der Waals surface area contributed by atoms with Crippen molar-refractivity contribution in [1.29, 1.82) is 5.26 Å². The average molecular weight is 269 g/mol. The van der Waals surface area contributed by atoms with Gasteiger partial charge in [-0.15, -0.1) is 0 Å². The van der Waals surface area contributed by atoms with Crippen LogP contribution in [0.1, 0.15) is 36.5 Å². The van der Waals surface area contributed by atoms with Crippen LogP contribution in [-0.4, -0.2) is 18.9 Å². The van der Waals surface area contributed by atoms with Gasteiger partial charge in [0.05, 0.1) is 11.8 Å². The van der Waals surface area contributed by atoms with Crippen molar-refractivity contribution >= 4 is 5.71 Å². The second kappa shape index (κ2) is 5.79. The van der Waals surface area contributed by atoms with E-state index in [2.05, 4.69) is 11.1 Å². The first-order valence-electron chi connectivity index (χ1n) is 6.68. The SMILES string of the molecule is CN=C(/C(C)=C\N)c1cc(C)cc(OC2CC2)c1C#N. The van der Waals surface area contributed by atoms with E-state index in [0.717, 1.165) is 35.3 Å². The molecule has 0 saturated heterocycles. The zero-order chi connectivity index (χ0) is 14.7. The normalized spacial score (nSPS) is 15.9. The molecule has 0 amide bonds. The first kappa shape index (κ1) is 14.1. The van der Waals surface area contributed by atoms with E-state index in [1.165, 1.54) is 6.20 Å². The van der Waals surface area contributed by atoms with Crippen molar-refractivity contribution in [2.75, 3.05) is 7.05 Å². The Morgan fingerprint density at radius 1 is 1.50 bits per heavy atom. The third-order valence-electron chi connectivity index (χ3n) is 3.28. The quantitative estimate of drug-likeness (QED) is 0.854. The largest absolute Gasteiger partial charge is 0.489 e. The number of nitrogens with zero attached hydrogens (tertiary/aromatic N) is 2. The van der Waals surface area contributed by atoms with Gasteiger partial charge in [-0.05, 0) is 56.2 Å². The summed E-state index contributed by atoms with van der Waals surface area (Å²) in [5.41, 5.74) is 9.51. The molecule has 1 aliphatic carbocycles. The van der Waals surface area contributed by atoms with Crippen LogP contribution < -0.4 is 10.5 Å². The summed E-state index contributed by atoms with van der Waals surface area (Å²) in [5.74, 6) is 0.649. The number of allylic oxidation sites excluding steroid dienone is 1. The van der Waals surface area contributed by atoms with E-state index >= 15 is 0 Å². The van der Waals surface area contributed by atoms with E-state index in [9.17, 15) is 5.26 Å². The molecule has 0 aromatic heterocycles. The Bertz CT molecular complexity index is 619. The number of aryl methyl sites for hydroxylation is 1. The molecular weight excluding hydrogens is 250 g/mol. The van der Waals surface area contributed by atoms with Crippen LogP contribution in [-0.2, 0) is 0 Å². The van der Waals surface area contributed by atoms with Crippen LogP contribution in [0.3, 0.4) is 0 Å². The highest BCUT2D eigenvalue weighted by Crippen LogP contribution is 2.32. The lowest BCUT2D eigenvalue weighted by molar-refractivity contribution is 0.302. The number of benzene rings is 1. The fourth-order valence-corrected chi connectivity index (χ4v) is 2.10. The highest BCUT2D eigenvalue weighted by molar-refractivity contribution is 6.14. The maximum atomic E-state index is 9.49. The van der Waals surface area contributed by atoms with Crippen molar-refractivity contribution < 1.29 is 4.74 Å². The Labute approximate surface area is 119 Å². The number of ether oxygens (including phenoxy) is 1. The number of hydrogen-bond acceptors (Lipinski definition) is 4. The molecular formula is C16H19N3O. The van der Waals surface area contributed by atoms with Crippen LogP contribution in [0.5, 0.6) is 5.75 Å². The summed E-state index contributed by atoms with van der Waals surface area (Å²) >= 11 is 0. The molecule has 0 unspecified atom stereocenters. The lowest BCUT2D eigenvalue weighted by Crippen LogP contribution is -2.10. The predicted molar refractivity (Wildman–Crippen MR) is 79.9 cm³/mol. The second-order valence-electron chi connectivity index (χ2n) is 5.04. The minimum absolute atomic E-state index is 0.255. The summed E-state index contributed by atoms with van der Waals surface area (Å²) in [6.45, 7) is 3.87. The molecule has 104 valence electrons. The number of nitrogens with two attached hydrogens (primary N) is 1. The van der Waals surface area contributed by atoms with Crippen molar-refractivity contribution in [2.45, 2.75) is 32.8 Å². The van der Waals surface area contributed by atoms with Crippen LogP contribution in [0, 0.1) is 18.3 Å². The molecule has 4 heteroatoms. The summed E-state index contributed by atoms with van der Waals surface area (Å²) < 4.78 is 5.85. The molecule has 1 aromatic carbocycles. The maximum Gasteiger partial charge on any atom is 0.138 e. The van der Waals surface area contributed by atoms with E-state index in [1.807, 2.05) is 26.0 Å². The molecule has 1 aliphatic rings. The lowest BCUT2D eigenvalue weighted by atomic mass is 9.96. The predicted octanol–water partition coefficient (Wildman–Crippen LogP) is 2.69. The maximum absolute atomic E-state index is 9.49. The molecule has 4 nitrogen and oxygen atoms in total. The number of aliphatic imine (C=N–C) groups is 1. The van der Waals surface area contributed by atoms with Crippen LogP contribution in [0.25, 0.3) is 0 Å². The molecule has 0 aliphatic heterocycles. The zero-order valence-electron chi connectivity index (χ0n) is 12.1. The van der Waals surface area contributed by atoms with E-state index in [0.29, 0.717) is 11.3 Å². The van der Waals surface area contributed by atoms with Gasteiger partial charge in [-0.3, -0.25) is 4.99 Å². The van der Waals surface area contributed by atoms with E-state index in [1.54, 1.807) is 7.05 Å². The van der Waals surface area contributed by atoms with Crippen molar-refractivity contribution in [3.05, 3.63) is 40.6 Å². The van der Waals surface area contributed by atoms with Crippen LogP contribution in [0.4, 0.5) is 0 Å². The summed E-state index contributed by atoms with van der Waals surface area (Å²) in [4.78, 5) is 4.28. The monoisotopic (exact) mass is 269 g/mol. The van der Waals surface area contributed by atoms with Gasteiger partial charge in [-0.1, -0.05) is 0 Å². The Balaban J connectivity index is 2.56. The Hall–Kier alpha value is -2.28. The van der Waals surface area contributed by atoms with E-state index < -0.39 is 0 Å². The van der Waals surface area contributed by atoms with Crippen molar-refractivity contribution in [3.8, 4) is 11.8 Å². The molecule has 1 aromatic rings. The standard InChI is InChI=1S/C16H19N3O/c1-10-6-13(16(19-3)11(2)8-17)14(9-18)15(7-10)20-12-4-5-12/h6-8,12H,4-5,17H2,1-3H3/b11-8-,19-16?. The second-order valence-corrected chi connectivity index (χ2v) is 5.04. The third kappa shape index (κ3) is 2.83. The van der Waals surface area contributed by atoms with Gasteiger partial charge in [0.25, 0.3) is 0 Å². The van der Waals surface area contributed by atoms with Crippen LogP contribution in [0.15, 0.2) is 28.9 Å². The van der Waals surface area contributed by atoms with Gasteiger partial charge in [-0.2, -0.15) is 5.26 Å². The highest BCUT2D eigenvalue weighted by atomic mass is 16.5. The molecule has 0 radical (unpaired) electrons. The summed E-state index contributed by atoms with van der Waals surface area (Å²) in [5, 5.41) is 9.49. The smallest absolute Gasteiger partial charge is 0.138 e. The summed E-state index contributed by atoms with van der Waals surface area (Å²) in [6.07, 6.45) is 3.88. The van der Waals surface area contributed by atoms with Crippen LogP contribution >= 0.6 is 0 Å². The molecule has 0 bridgehead atoms. The zero-order valence-corrected chi connectivity index (χ0v) is 12.1. The van der Waals surface area contributed by atoms with E-state index in [4.69, 9.17) is 10.5 Å².